The molecule has 0 saturated heterocycles. The van der Waals surface area contributed by atoms with Gasteiger partial charge in [0, 0.05) is 35.0 Å². The number of halogens is 2. The van der Waals surface area contributed by atoms with Crippen molar-refractivity contribution in [3.8, 4) is 0 Å². The molecule has 0 atom stereocenters. The summed E-state index contributed by atoms with van der Waals surface area (Å²) in [6.45, 7) is -3.87. The quantitative estimate of drug-likeness (QED) is 0.627. The lowest BCUT2D eigenvalue weighted by Crippen LogP contribution is -2.49. The first kappa shape index (κ1) is 13.4. The summed E-state index contributed by atoms with van der Waals surface area (Å²) >= 11 is 0. The molecule has 0 N–H and O–H groups in total. The Morgan fingerprint density at radius 3 is 2.83 bits per heavy atom. The van der Waals surface area contributed by atoms with Crippen LogP contribution in [-0.2, 0) is 0 Å². The van der Waals surface area contributed by atoms with Crippen LogP contribution in [0.2, 0.25) is 0 Å². The molecule has 0 fully saturated rings. The maximum absolute atomic E-state index is 14.8. The standard InChI is InChI=1S/C18H12BF2N3/c20-19(21)23-11-3-8-15(23)17(16-9-4-12-24(16)19)14-7-1-5-13-6-2-10-22-18(13)14/h1-12H. The number of benzene rings is 1. The summed E-state index contributed by atoms with van der Waals surface area (Å²) in [6.07, 6.45) is 8.01. The van der Waals surface area contributed by atoms with Gasteiger partial charge in [-0.05, 0) is 24.4 Å². The SMILES string of the molecule is F[B-]1(F)n2cccc2C(c2cccc3cccnc23)=C2C=CC=[N+]21. The van der Waals surface area contributed by atoms with Crippen molar-refractivity contribution in [1.82, 2.24) is 9.46 Å². The van der Waals surface area contributed by atoms with E-state index in [-0.39, 0.29) is 0 Å². The Labute approximate surface area is 136 Å². The third-order valence-electron chi connectivity index (χ3n) is 4.64. The normalized spacial score (nSPS) is 17.8. The zero-order valence-electron chi connectivity index (χ0n) is 12.6. The third kappa shape index (κ3) is 1.60. The van der Waals surface area contributed by atoms with Gasteiger partial charge in [0.1, 0.15) is 6.21 Å². The number of hydrogen-bond acceptors (Lipinski definition) is 1. The smallest absolute Gasteiger partial charge is 0.396 e. The van der Waals surface area contributed by atoms with E-state index < -0.39 is 6.97 Å². The maximum atomic E-state index is 14.8. The Morgan fingerprint density at radius 1 is 1.04 bits per heavy atom. The highest BCUT2D eigenvalue weighted by atomic mass is 19.2. The van der Waals surface area contributed by atoms with E-state index >= 15 is 0 Å². The molecule has 0 bridgehead atoms. The van der Waals surface area contributed by atoms with Gasteiger partial charge in [-0.2, -0.15) is 0 Å². The van der Waals surface area contributed by atoms with Crippen LogP contribution < -0.4 is 0 Å². The van der Waals surface area contributed by atoms with Gasteiger partial charge in [-0.25, -0.2) is 0 Å². The molecular weight excluding hydrogens is 307 g/mol. The van der Waals surface area contributed by atoms with E-state index in [0.717, 1.165) is 31.0 Å². The van der Waals surface area contributed by atoms with Crippen molar-refractivity contribution in [1.29, 1.82) is 0 Å². The Morgan fingerprint density at radius 2 is 1.92 bits per heavy atom. The van der Waals surface area contributed by atoms with Gasteiger partial charge in [-0.1, -0.05) is 24.3 Å². The first-order valence-corrected chi connectivity index (χ1v) is 7.76. The van der Waals surface area contributed by atoms with Crippen LogP contribution in [0.25, 0.3) is 16.5 Å². The van der Waals surface area contributed by atoms with Gasteiger partial charge in [0.15, 0.2) is 5.70 Å². The molecule has 6 heteroatoms. The van der Waals surface area contributed by atoms with Gasteiger partial charge in [-0.3, -0.25) is 4.98 Å². The van der Waals surface area contributed by atoms with Crippen LogP contribution in [0.4, 0.5) is 8.63 Å². The predicted molar refractivity (Wildman–Crippen MR) is 91.0 cm³/mol. The molecule has 0 amide bonds. The Hall–Kier alpha value is -3.02. The molecule has 0 unspecified atom stereocenters. The number of allylic oxidation sites excluding steroid dienone is 2. The van der Waals surface area contributed by atoms with E-state index in [1.54, 1.807) is 30.5 Å². The largest absolute Gasteiger partial charge is 0.737 e. The molecule has 5 rings (SSSR count). The number of para-hydroxylation sites is 1. The molecule has 2 aliphatic heterocycles. The summed E-state index contributed by atoms with van der Waals surface area (Å²) < 4.78 is 31.8. The number of rotatable bonds is 1. The minimum atomic E-state index is -3.87. The molecule has 1 aromatic carbocycles. The molecule has 4 heterocycles. The highest BCUT2D eigenvalue weighted by Crippen LogP contribution is 2.39. The van der Waals surface area contributed by atoms with Crippen molar-refractivity contribution >= 4 is 29.7 Å². The predicted octanol–water partition coefficient (Wildman–Crippen LogP) is 3.69. The van der Waals surface area contributed by atoms with Gasteiger partial charge in [0.05, 0.1) is 11.1 Å². The van der Waals surface area contributed by atoms with Crippen molar-refractivity contribution < 1.29 is 13.1 Å². The molecule has 24 heavy (non-hydrogen) atoms. The lowest BCUT2D eigenvalue weighted by molar-refractivity contribution is -0.356. The highest BCUT2D eigenvalue weighted by molar-refractivity contribution is 6.57. The van der Waals surface area contributed by atoms with E-state index in [9.17, 15) is 8.63 Å². The summed E-state index contributed by atoms with van der Waals surface area (Å²) in [5, 5.41) is 0.988. The van der Waals surface area contributed by atoms with Crippen LogP contribution in [-0.4, -0.2) is 27.1 Å². The average Bonchev–Trinajstić information content (AvgIpc) is 3.25. The van der Waals surface area contributed by atoms with Crippen LogP contribution in [0.1, 0.15) is 11.3 Å². The number of nitrogens with zero attached hydrogens (tertiary/aromatic N) is 3. The molecule has 0 saturated carbocycles. The van der Waals surface area contributed by atoms with Crippen LogP contribution in [0, 0.1) is 0 Å². The second kappa shape index (κ2) is 4.51. The van der Waals surface area contributed by atoms with E-state index in [0.29, 0.717) is 11.4 Å². The van der Waals surface area contributed by atoms with Gasteiger partial charge >= 0.3 is 6.97 Å². The molecule has 0 aliphatic carbocycles. The lowest BCUT2D eigenvalue weighted by Gasteiger charge is -2.31. The first-order chi connectivity index (χ1) is 11.7. The van der Waals surface area contributed by atoms with E-state index in [4.69, 9.17) is 0 Å². The number of hydrogen-bond donors (Lipinski definition) is 0. The fourth-order valence-electron chi connectivity index (χ4n) is 3.60. The zero-order chi connectivity index (χ0) is 16.3. The van der Waals surface area contributed by atoms with Crippen LogP contribution in [0.15, 0.2) is 72.7 Å². The van der Waals surface area contributed by atoms with Gasteiger partial charge < -0.3 is 17.6 Å². The Balaban J connectivity index is 1.91. The van der Waals surface area contributed by atoms with Gasteiger partial charge in [0.25, 0.3) is 0 Å². The zero-order valence-corrected chi connectivity index (χ0v) is 12.6. The molecule has 0 spiro atoms. The highest BCUT2D eigenvalue weighted by Gasteiger charge is 2.51. The van der Waals surface area contributed by atoms with Crippen molar-refractivity contribution in [3.63, 3.8) is 0 Å². The van der Waals surface area contributed by atoms with Crippen molar-refractivity contribution in [2.24, 2.45) is 0 Å². The van der Waals surface area contributed by atoms with Crippen molar-refractivity contribution in [2.75, 3.05) is 0 Å². The minimum Gasteiger partial charge on any atom is -0.396 e. The Bertz CT molecular complexity index is 1090. The van der Waals surface area contributed by atoms with Crippen LogP contribution in [0.3, 0.4) is 0 Å². The topological polar surface area (TPSA) is 20.8 Å². The minimum absolute atomic E-state index is 0.518. The molecule has 0 radical (unpaired) electrons. The van der Waals surface area contributed by atoms with E-state index in [2.05, 4.69) is 4.98 Å². The van der Waals surface area contributed by atoms with Gasteiger partial charge in [-0.15, -0.1) is 0 Å². The second-order valence-corrected chi connectivity index (χ2v) is 5.95. The summed E-state index contributed by atoms with van der Waals surface area (Å²) in [6, 6.07) is 13.1. The fourth-order valence-corrected chi connectivity index (χ4v) is 3.60. The fraction of sp³-hybridized carbons (Fsp3) is 0. The van der Waals surface area contributed by atoms with Crippen molar-refractivity contribution in [3.05, 3.63) is 84.0 Å². The molecular formula is C18H12BF2N3. The molecule has 116 valence electrons. The Kier molecular flexibility index (Phi) is 2.52. The van der Waals surface area contributed by atoms with Gasteiger partial charge in [0.2, 0.25) is 0 Å². The number of pyridine rings is 1. The number of aromatic nitrogens is 2. The molecule has 2 aromatic heterocycles. The maximum Gasteiger partial charge on any atom is 0.737 e. The third-order valence-corrected chi connectivity index (χ3v) is 4.64. The first-order valence-electron chi connectivity index (χ1n) is 7.76. The van der Waals surface area contributed by atoms with E-state index in [1.165, 1.54) is 12.4 Å². The van der Waals surface area contributed by atoms with E-state index in [1.807, 2.05) is 30.3 Å². The monoisotopic (exact) mass is 319 g/mol. The summed E-state index contributed by atoms with van der Waals surface area (Å²) in [5.74, 6) is 0. The molecule has 3 aromatic rings. The van der Waals surface area contributed by atoms with Crippen LogP contribution >= 0.6 is 0 Å². The number of fused-ring (bicyclic) bond motifs is 3. The summed E-state index contributed by atoms with van der Waals surface area (Å²) in [4.78, 5) is 4.49. The van der Waals surface area contributed by atoms with Crippen LogP contribution in [0.5, 0.6) is 0 Å². The molecule has 3 nitrogen and oxygen atoms in total. The summed E-state index contributed by atoms with van der Waals surface area (Å²) in [5.41, 5.74) is 3.49. The lowest BCUT2D eigenvalue weighted by atomic mass is 9.86. The van der Waals surface area contributed by atoms with Crippen molar-refractivity contribution in [2.45, 2.75) is 0 Å². The average molecular weight is 319 g/mol. The molecule has 2 aliphatic rings. The second-order valence-electron chi connectivity index (χ2n) is 5.95. The summed E-state index contributed by atoms with van der Waals surface area (Å²) in [7, 11) is 0.